The monoisotopic (exact) mass is 383 g/mol. The lowest BCUT2D eigenvalue weighted by Gasteiger charge is -2.14. The first-order valence-electron chi connectivity index (χ1n) is 6.44. The molecule has 0 heterocycles. The van der Waals surface area contributed by atoms with Crippen molar-refractivity contribution >= 4 is 27.6 Å². The first kappa shape index (κ1) is 16.9. The molecule has 0 aromatic heterocycles. The molecule has 1 atom stereocenters. The smallest absolute Gasteiger partial charge is 0.352 e. The third-order valence-electron chi connectivity index (χ3n) is 2.80. The third kappa shape index (κ3) is 4.49. The van der Waals surface area contributed by atoms with Crippen LogP contribution < -0.4 is 9.47 Å². The number of nitro benzene ring substituents is 1. The summed E-state index contributed by atoms with van der Waals surface area (Å²) >= 11 is 3.13. The summed E-state index contributed by atoms with van der Waals surface area (Å²) in [4.78, 5) is 21.9. The standard InChI is InChI=1S/C15H11BrFNO5/c1-9(22-14-7-2-10(17)8-13(14)16)15(19)23-12-5-3-11(4-6-12)18(20)21/h2-9H,1H3. The molecule has 0 fully saturated rings. The van der Waals surface area contributed by atoms with Gasteiger partial charge in [0.15, 0.2) is 6.10 Å². The zero-order valence-electron chi connectivity index (χ0n) is 11.9. The number of carbonyl (C=O) groups is 1. The minimum Gasteiger partial charge on any atom is -0.478 e. The summed E-state index contributed by atoms with van der Waals surface area (Å²) in [6.07, 6.45) is -0.952. The van der Waals surface area contributed by atoms with Crippen LogP contribution in [0.3, 0.4) is 0 Å². The largest absolute Gasteiger partial charge is 0.478 e. The number of ether oxygens (including phenoxy) is 2. The van der Waals surface area contributed by atoms with Crippen LogP contribution in [0.2, 0.25) is 0 Å². The van der Waals surface area contributed by atoms with E-state index in [9.17, 15) is 19.3 Å². The fourth-order valence-corrected chi connectivity index (χ4v) is 2.09. The van der Waals surface area contributed by atoms with Crippen LogP contribution in [0.4, 0.5) is 10.1 Å². The van der Waals surface area contributed by atoms with E-state index in [-0.39, 0.29) is 11.4 Å². The lowest BCUT2D eigenvalue weighted by atomic mass is 10.3. The lowest BCUT2D eigenvalue weighted by molar-refractivity contribution is -0.384. The van der Waals surface area contributed by atoms with Gasteiger partial charge in [-0.3, -0.25) is 10.1 Å². The number of rotatable bonds is 5. The molecule has 1 unspecified atom stereocenters. The van der Waals surface area contributed by atoms with Crippen molar-refractivity contribution < 1.29 is 23.6 Å². The summed E-state index contributed by atoms with van der Waals surface area (Å²) < 4.78 is 23.8. The van der Waals surface area contributed by atoms with E-state index in [2.05, 4.69) is 15.9 Å². The van der Waals surface area contributed by atoms with E-state index in [0.29, 0.717) is 10.2 Å². The quantitative estimate of drug-likeness (QED) is 0.339. The number of non-ortho nitro benzene ring substituents is 1. The summed E-state index contributed by atoms with van der Waals surface area (Å²) in [5, 5.41) is 10.5. The summed E-state index contributed by atoms with van der Waals surface area (Å²) in [5.41, 5.74) is -0.107. The Morgan fingerprint density at radius 1 is 1.26 bits per heavy atom. The molecule has 0 aliphatic carbocycles. The molecule has 0 aliphatic heterocycles. The van der Waals surface area contributed by atoms with Crippen molar-refractivity contribution in [2.75, 3.05) is 0 Å². The molecule has 0 N–H and O–H groups in total. The first-order chi connectivity index (χ1) is 10.9. The zero-order valence-corrected chi connectivity index (χ0v) is 13.4. The number of carbonyl (C=O) groups excluding carboxylic acids is 1. The molecule has 0 spiro atoms. The van der Waals surface area contributed by atoms with Crippen molar-refractivity contribution in [2.45, 2.75) is 13.0 Å². The molecule has 2 rings (SSSR count). The van der Waals surface area contributed by atoms with Crippen LogP contribution in [0.25, 0.3) is 0 Å². The van der Waals surface area contributed by atoms with Crippen molar-refractivity contribution in [3.63, 3.8) is 0 Å². The minimum absolute atomic E-state index is 0.107. The maximum atomic E-state index is 13.0. The van der Waals surface area contributed by atoms with Gasteiger partial charge in [-0.25, -0.2) is 9.18 Å². The average Bonchev–Trinajstić information content (AvgIpc) is 2.50. The Morgan fingerprint density at radius 3 is 2.48 bits per heavy atom. The van der Waals surface area contributed by atoms with Gasteiger partial charge in [0.05, 0.1) is 9.40 Å². The Morgan fingerprint density at radius 2 is 1.91 bits per heavy atom. The maximum absolute atomic E-state index is 13.0. The van der Waals surface area contributed by atoms with Crippen LogP contribution in [0.15, 0.2) is 46.9 Å². The predicted octanol–water partition coefficient (Wildman–Crippen LogP) is 3.87. The highest BCUT2D eigenvalue weighted by molar-refractivity contribution is 9.10. The van der Waals surface area contributed by atoms with Crippen molar-refractivity contribution in [2.24, 2.45) is 0 Å². The van der Waals surface area contributed by atoms with E-state index in [1.54, 1.807) is 0 Å². The molecule has 6 nitrogen and oxygen atoms in total. The number of hydrogen-bond acceptors (Lipinski definition) is 5. The Bertz CT molecular complexity index is 735. The van der Waals surface area contributed by atoms with Gasteiger partial charge in [0.1, 0.15) is 17.3 Å². The number of benzene rings is 2. The molecule has 8 heteroatoms. The zero-order chi connectivity index (χ0) is 17.0. The Hall–Kier alpha value is -2.48. The van der Waals surface area contributed by atoms with Crippen LogP contribution in [-0.2, 0) is 4.79 Å². The minimum atomic E-state index is -0.952. The van der Waals surface area contributed by atoms with E-state index in [0.717, 1.165) is 0 Å². The molecular formula is C15H11BrFNO5. The second-order valence-corrected chi connectivity index (χ2v) is 5.36. The molecule has 0 saturated heterocycles. The second kappa shape index (κ2) is 7.19. The summed E-state index contributed by atoms with van der Waals surface area (Å²) in [5.74, 6) is -0.672. The summed E-state index contributed by atoms with van der Waals surface area (Å²) in [6.45, 7) is 1.48. The molecule has 0 aliphatic rings. The van der Waals surface area contributed by atoms with Gasteiger partial charge in [0.25, 0.3) is 5.69 Å². The van der Waals surface area contributed by atoms with Crippen molar-refractivity contribution in [3.05, 3.63) is 62.9 Å². The lowest BCUT2D eigenvalue weighted by Crippen LogP contribution is -2.28. The van der Waals surface area contributed by atoms with Crippen LogP contribution in [0.5, 0.6) is 11.5 Å². The Balaban J connectivity index is 2.00. The number of hydrogen-bond donors (Lipinski definition) is 0. The second-order valence-electron chi connectivity index (χ2n) is 4.51. The number of halogens is 2. The van der Waals surface area contributed by atoms with Gasteiger partial charge in [-0.15, -0.1) is 0 Å². The topological polar surface area (TPSA) is 78.7 Å². The molecule has 23 heavy (non-hydrogen) atoms. The fourth-order valence-electron chi connectivity index (χ4n) is 1.64. The van der Waals surface area contributed by atoms with Gasteiger partial charge in [0.2, 0.25) is 0 Å². The Labute approximate surface area is 139 Å². The highest BCUT2D eigenvalue weighted by atomic mass is 79.9. The molecule has 0 amide bonds. The highest BCUT2D eigenvalue weighted by Gasteiger charge is 2.19. The molecule has 2 aromatic rings. The molecule has 0 saturated carbocycles. The molecule has 0 radical (unpaired) electrons. The van der Waals surface area contributed by atoms with E-state index in [4.69, 9.17) is 9.47 Å². The number of nitro groups is 1. The van der Waals surface area contributed by atoms with E-state index >= 15 is 0 Å². The maximum Gasteiger partial charge on any atom is 0.352 e. The molecular weight excluding hydrogens is 373 g/mol. The SMILES string of the molecule is CC(Oc1ccc(F)cc1Br)C(=O)Oc1ccc([N+](=O)[O-])cc1. The highest BCUT2D eigenvalue weighted by Crippen LogP contribution is 2.26. The third-order valence-corrected chi connectivity index (χ3v) is 3.42. The van der Waals surface area contributed by atoms with E-state index < -0.39 is 22.8 Å². The van der Waals surface area contributed by atoms with Gasteiger partial charge in [-0.1, -0.05) is 0 Å². The van der Waals surface area contributed by atoms with Gasteiger partial charge in [-0.05, 0) is 53.2 Å². The van der Waals surface area contributed by atoms with Crippen LogP contribution in [0.1, 0.15) is 6.92 Å². The molecule has 0 bridgehead atoms. The van der Waals surface area contributed by atoms with Crippen LogP contribution in [0, 0.1) is 15.9 Å². The van der Waals surface area contributed by atoms with Gasteiger partial charge < -0.3 is 9.47 Å². The van der Waals surface area contributed by atoms with Crippen LogP contribution >= 0.6 is 15.9 Å². The van der Waals surface area contributed by atoms with Gasteiger partial charge >= 0.3 is 5.97 Å². The van der Waals surface area contributed by atoms with Gasteiger partial charge in [-0.2, -0.15) is 0 Å². The summed E-state index contributed by atoms with van der Waals surface area (Å²) in [6, 6.07) is 8.88. The normalized spacial score (nSPS) is 11.6. The molecule has 2 aromatic carbocycles. The van der Waals surface area contributed by atoms with E-state index in [1.807, 2.05) is 0 Å². The first-order valence-corrected chi connectivity index (χ1v) is 7.24. The fraction of sp³-hybridized carbons (Fsp3) is 0.133. The van der Waals surface area contributed by atoms with Gasteiger partial charge in [0, 0.05) is 12.1 Å². The number of esters is 1. The average molecular weight is 384 g/mol. The number of nitrogens with zero attached hydrogens (tertiary/aromatic N) is 1. The van der Waals surface area contributed by atoms with Crippen molar-refractivity contribution in [1.82, 2.24) is 0 Å². The molecule has 120 valence electrons. The summed E-state index contributed by atoms with van der Waals surface area (Å²) in [7, 11) is 0. The predicted molar refractivity (Wildman–Crippen MR) is 82.9 cm³/mol. The van der Waals surface area contributed by atoms with Crippen molar-refractivity contribution in [3.8, 4) is 11.5 Å². The van der Waals surface area contributed by atoms with Crippen LogP contribution in [-0.4, -0.2) is 17.0 Å². The Kier molecular flexibility index (Phi) is 5.28. The van der Waals surface area contributed by atoms with E-state index in [1.165, 1.54) is 49.4 Å². The van der Waals surface area contributed by atoms with Crippen molar-refractivity contribution in [1.29, 1.82) is 0 Å².